The number of aryl methyl sites for hydroxylation is 1. The quantitative estimate of drug-likeness (QED) is 0.723. The molecule has 0 saturated carbocycles. The molecule has 1 saturated heterocycles. The molecule has 1 fully saturated rings. The maximum absolute atomic E-state index is 11.9. The summed E-state index contributed by atoms with van der Waals surface area (Å²) in [6.07, 6.45) is 0.786. The number of carbonyl (C=O) groups is 2. The highest BCUT2D eigenvalue weighted by molar-refractivity contribution is 7.91. The van der Waals surface area contributed by atoms with Crippen LogP contribution in [0.2, 0.25) is 0 Å². The number of rotatable bonds is 7. The third kappa shape index (κ3) is 6.04. The molecule has 1 atom stereocenters. The summed E-state index contributed by atoms with van der Waals surface area (Å²) in [5, 5.41) is 5.39. The van der Waals surface area contributed by atoms with Crippen LogP contribution in [-0.2, 0) is 25.8 Å². The summed E-state index contributed by atoms with van der Waals surface area (Å²) in [6, 6.07) is 5.27. The van der Waals surface area contributed by atoms with Crippen LogP contribution in [-0.4, -0.2) is 51.4 Å². The van der Waals surface area contributed by atoms with Gasteiger partial charge in [0.25, 0.3) is 0 Å². The van der Waals surface area contributed by atoms with Crippen molar-refractivity contribution in [3.63, 3.8) is 0 Å². The van der Waals surface area contributed by atoms with Gasteiger partial charge in [0.15, 0.2) is 9.84 Å². The molecule has 2 N–H and O–H groups in total. The highest BCUT2D eigenvalue weighted by atomic mass is 32.2. The van der Waals surface area contributed by atoms with Crippen molar-refractivity contribution in [3.8, 4) is 5.75 Å². The first-order valence-electron chi connectivity index (χ1n) is 8.19. The topological polar surface area (TPSA) is 102 Å². The Kier molecular flexibility index (Phi) is 6.41. The molecule has 1 aromatic carbocycles. The van der Waals surface area contributed by atoms with Crippen molar-refractivity contribution in [2.75, 3.05) is 25.2 Å². The standard InChI is InChI=1S/C17H24N2O5S/c1-12-3-4-13(9-15(12)24-2)10-17(21)18-7-5-16(20)19-14-6-8-25(22,23)11-14/h3-4,9,14H,5-8,10-11H2,1-2H3,(H,18,21)(H,19,20). The molecule has 1 aliphatic rings. The molecule has 0 bridgehead atoms. The average molecular weight is 368 g/mol. The number of hydrogen-bond acceptors (Lipinski definition) is 5. The minimum Gasteiger partial charge on any atom is -0.496 e. The van der Waals surface area contributed by atoms with Gasteiger partial charge in [-0.25, -0.2) is 8.42 Å². The van der Waals surface area contributed by atoms with E-state index >= 15 is 0 Å². The van der Waals surface area contributed by atoms with Gasteiger partial charge in [0.05, 0.1) is 25.0 Å². The van der Waals surface area contributed by atoms with Gasteiger partial charge in [0.1, 0.15) is 5.75 Å². The van der Waals surface area contributed by atoms with Gasteiger partial charge in [-0.1, -0.05) is 12.1 Å². The fourth-order valence-electron chi connectivity index (χ4n) is 2.75. The Bertz CT molecular complexity index is 745. The Balaban J connectivity index is 1.70. The third-order valence-corrected chi connectivity index (χ3v) is 5.88. The molecule has 1 aromatic rings. The molecule has 0 radical (unpaired) electrons. The Morgan fingerprint density at radius 3 is 2.68 bits per heavy atom. The van der Waals surface area contributed by atoms with E-state index in [0.717, 1.165) is 16.9 Å². The number of ether oxygens (including phenoxy) is 1. The zero-order valence-corrected chi connectivity index (χ0v) is 15.3. The van der Waals surface area contributed by atoms with Gasteiger partial charge in [0.2, 0.25) is 11.8 Å². The van der Waals surface area contributed by atoms with E-state index < -0.39 is 9.84 Å². The lowest BCUT2D eigenvalue weighted by Gasteiger charge is -2.11. The van der Waals surface area contributed by atoms with Crippen LogP contribution in [0, 0.1) is 6.92 Å². The minimum absolute atomic E-state index is 0.000353. The van der Waals surface area contributed by atoms with Crippen LogP contribution >= 0.6 is 0 Å². The maximum Gasteiger partial charge on any atom is 0.224 e. The highest BCUT2D eigenvalue weighted by Crippen LogP contribution is 2.19. The van der Waals surface area contributed by atoms with Gasteiger partial charge < -0.3 is 15.4 Å². The van der Waals surface area contributed by atoms with Gasteiger partial charge >= 0.3 is 0 Å². The minimum atomic E-state index is -3.01. The Morgan fingerprint density at radius 1 is 1.28 bits per heavy atom. The highest BCUT2D eigenvalue weighted by Gasteiger charge is 2.28. The van der Waals surface area contributed by atoms with Crippen molar-refractivity contribution in [1.29, 1.82) is 0 Å². The third-order valence-electron chi connectivity index (χ3n) is 4.11. The first-order chi connectivity index (χ1) is 11.8. The van der Waals surface area contributed by atoms with E-state index in [2.05, 4.69) is 10.6 Å². The second-order valence-corrected chi connectivity index (χ2v) is 8.48. The Morgan fingerprint density at radius 2 is 2.04 bits per heavy atom. The fourth-order valence-corrected chi connectivity index (χ4v) is 4.42. The predicted octanol–water partition coefficient (Wildman–Crippen LogP) is 0.356. The molecule has 1 aliphatic heterocycles. The van der Waals surface area contributed by atoms with E-state index in [9.17, 15) is 18.0 Å². The molecule has 7 nitrogen and oxygen atoms in total. The SMILES string of the molecule is COc1cc(CC(=O)NCCC(=O)NC2CCS(=O)(=O)C2)ccc1C. The Hall–Kier alpha value is -2.09. The molecule has 25 heavy (non-hydrogen) atoms. The van der Waals surface area contributed by atoms with Crippen LogP contribution in [0.1, 0.15) is 24.0 Å². The molecule has 2 rings (SSSR count). The maximum atomic E-state index is 11.9. The molecule has 1 heterocycles. The number of hydrogen-bond donors (Lipinski definition) is 2. The summed E-state index contributed by atoms with van der Waals surface area (Å²) in [5.74, 6) is 0.424. The summed E-state index contributed by atoms with van der Waals surface area (Å²) in [5.41, 5.74) is 1.83. The fraction of sp³-hybridized carbons (Fsp3) is 0.529. The van der Waals surface area contributed by atoms with Crippen molar-refractivity contribution in [2.24, 2.45) is 0 Å². The first-order valence-corrected chi connectivity index (χ1v) is 10.0. The van der Waals surface area contributed by atoms with E-state index in [1.807, 2.05) is 25.1 Å². The van der Waals surface area contributed by atoms with Gasteiger partial charge in [-0.3, -0.25) is 9.59 Å². The van der Waals surface area contributed by atoms with Crippen molar-refractivity contribution in [3.05, 3.63) is 29.3 Å². The number of methoxy groups -OCH3 is 1. The first kappa shape index (κ1) is 19.2. The summed E-state index contributed by atoms with van der Waals surface area (Å²) in [4.78, 5) is 23.7. The summed E-state index contributed by atoms with van der Waals surface area (Å²) < 4.78 is 27.9. The van der Waals surface area contributed by atoms with E-state index in [0.29, 0.717) is 6.42 Å². The largest absolute Gasteiger partial charge is 0.496 e. The van der Waals surface area contributed by atoms with Gasteiger partial charge in [-0.15, -0.1) is 0 Å². The number of sulfone groups is 1. The van der Waals surface area contributed by atoms with Gasteiger partial charge in [-0.2, -0.15) is 0 Å². The number of nitrogens with one attached hydrogen (secondary N) is 2. The van der Waals surface area contributed by atoms with Gasteiger partial charge in [-0.05, 0) is 30.5 Å². The molecule has 8 heteroatoms. The second-order valence-electron chi connectivity index (χ2n) is 6.25. The molecule has 0 spiro atoms. The van der Waals surface area contributed by atoms with E-state index in [1.165, 1.54) is 0 Å². The van der Waals surface area contributed by atoms with Crippen molar-refractivity contribution in [1.82, 2.24) is 10.6 Å². The molecular formula is C17H24N2O5S. The van der Waals surface area contributed by atoms with Gasteiger partial charge in [0, 0.05) is 19.0 Å². The van der Waals surface area contributed by atoms with Crippen molar-refractivity contribution >= 4 is 21.7 Å². The predicted molar refractivity (Wildman–Crippen MR) is 94.3 cm³/mol. The number of benzene rings is 1. The molecule has 1 unspecified atom stereocenters. The molecule has 0 aromatic heterocycles. The van der Waals surface area contributed by atoms with Crippen LogP contribution in [0.5, 0.6) is 5.75 Å². The van der Waals surface area contributed by atoms with Crippen LogP contribution in [0.25, 0.3) is 0 Å². The van der Waals surface area contributed by atoms with Crippen LogP contribution < -0.4 is 15.4 Å². The molecule has 138 valence electrons. The number of carbonyl (C=O) groups excluding carboxylic acids is 2. The zero-order chi connectivity index (χ0) is 18.4. The average Bonchev–Trinajstić information content (AvgIpc) is 2.87. The molecular weight excluding hydrogens is 344 g/mol. The van der Waals surface area contributed by atoms with Crippen molar-refractivity contribution < 1.29 is 22.7 Å². The lowest BCUT2D eigenvalue weighted by atomic mass is 10.1. The van der Waals surface area contributed by atoms with Crippen LogP contribution in [0.15, 0.2) is 18.2 Å². The Labute approximate surface area is 148 Å². The van der Waals surface area contributed by atoms with Crippen molar-refractivity contribution in [2.45, 2.75) is 32.2 Å². The summed E-state index contributed by atoms with van der Waals surface area (Å²) in [7, 11) is -1.43. The normalized spacial score (nSPS) is 18.6. The van der Waals surface area contributed by atoms with E-state index in [4.69, 9.17) is 4.74 Å². The zero-order valence-electron chi connectivity index (χ0n) is 14.5. The van der Waals surface area contributed by atoms with Crippen LogP contribution in [0.4, 0.5) is 0 Å². The monoisotopic (exact) mass is 368 g/mol. The van der Waals surface area contributed by atoms with Crippen LogP contribution in [0.3, 0.4) is 0 Å². The summed E-state index contributed by atoms with van der Waals surface area (Å²) in [6.45, 7) is 2.14. The van der Waals surface area contributed by atoms with E-state index in [-0.39, 0.29) is 48.7 Å². The summed E-state index contributed by atoms with van der Waals surface area (Å²) >= 11 is 0. The number of amides is 2. The molecule has 0 aliphatic carbocycles. The smallest absolute Gasteiger partial charge is 0.224 e. The lowest BCUT2D eigenvalue weighted by molar-refractivity contribution is -0.122. The second kappa shape index (κ2) is 8.33. The lowest BCUT2D eigenvalue weighted by Crippen LogP contribution is -2.38. The van der Waals surface area contributed by atoms with E-state index in [1.54, 1.807) is 7.11 Å². The molecule has 2 amide bonds.